The number of amides is 1. The normalized spacial score (nSPS) is 40.5. The quantitative estimate of drug-likeness (QED) is 0.796. The van der Waals surface area contributed by atoms with Crippen molar-refractivity contribution in [1.82, 2.24) is 10.6 Å². The molecule has 3 aliphatic rings. The Morgan fingerprint density at radius 3 is 3.12 bits per heavy atom. The SMILES string of the molecule is O=C(NCC1CCSC1)C1NCC2CCCC21. The average molecular weight is 254 g/mol. The van der Waals surface area contributed by atoms with Gasteiger partial charge in [-0.1, -0.05) is 6.42 Å². The van der Waals surface area contributed by atoms with Crippen LogP contribution in [0.3, 0.4) is 0 Å². The summed E-state index contributed by atoms with van der Waals surface area (Å²) in [5, 5.41) is 6.58. The predicted molar refractivity (Wildman–Crippen MR) is 71.1 cm³/mol. The summed E-state index contributed by atoms with van der Waals surface area (Å²) >= 11 is 2.01. The second kappa shape index (κ2) is 5.19. The van der Waals surface area contributed by atoms with E-state index in [2.05, 4.69) is 10.6 Å². The van der Waals surface area contributed by atoms with Crippen molar-refractivity contribution < 1.29 is 4.79 Å². The Bertz CT molecular complexity index is 291. The molecule has 0 aromatic carbocycles. The lowest BCUT2D eigenvalue weighted by atomic mass is 9.93. The summed E-state index contributed by atoms with van der Waals surface area (Å²) in [6, 6.07) is 0.108. The molecule has 4 atom stereocenters. The monoisotopic (exact) mass is 254 g/mol. The standard InChI is InChI=1S/C13H22N2OS/c16-13(15-6-9-4-5-17-8-9)12-11-3-1-2-10(11)7-14-12/h9-12,14H,1-8H2,(H,15,16). The van der Waals surface area contributed by atoms with E-state index in [-0.39, 0.29) is 11.9 Å². The zero-order valence-corrected chi connectivity index (χ0v) is 11.1. The van der Waals surface area contributed by atoms with Gasteiger partial charge in [0, 0.05) is 6.54 Å². The predicted octanol–water partition coefficient (Wildman–Crippen LogP) is 1.24. The highest BCUT2D eigenvalue weighted by Gasteiger charge is 2.42. The first-order valence-electron chi connectivity index (χ1n) is 6.93. The van der Waals surface area contributed by atoms with Gasteiger partial charge in [-0.15, -0.1) is 0 Å². The molecule has 3 fully saturated rings. The molecule has 3 nitrogen and oxygen atoms in total. The summed E-state index contributed by atoms with van der Waals surface area (Å²) in [6.45, 7) is 1.95. The van der Waals surface area contributed by atoms with E-state index in [9.17, 15) is 4.79 Å². The fraction of sp³-hybridized carbons (Fsp3) is 0.923. The van der Waals surface area contributed by atoms with Crippen LogP contribution in [0.2, 0.25) is 0 Å². The molecular formula is C13H22N2OS. The van der Waals surface area contributed by atoms with Crippen molar-refractivity contribution >= 4 is 17.7 Å². The third-order valence-electron chi connectivity index (χ3n) is 4.62. The third-order valence-corrected chi connectivity index (χ3v) is 5.85. The van der Waals surface area contributed by atoms with E-state index in [4.69, 9.17) is 0 Å². The van der Waals surface area contributed by atoms with Crippen molar-refractivity contribution in [3.05, 3.63) is 0 Å². The van der Waals surface area contributed by atoms with Gasteiger partial charge in [-0.05, 0) is 55.1 Å². The first kappa shape index (κ1) is 11.8. The molecule has 17 heavy (non-hydrogen) atoms. The first-order chi connectivity index (χ1) is 8.34. The van der Waals surface area contributed by atoms with Gasteiger partial charge >= 0.3 is 0 Å². The molecule has 1 saturated carbocycles. The van der Waals surface area contributed by atoms with Crippen LogP contribution in [-0.4, -0.2) is 36.5 Å². The van der Waals surface area contributed by atoms with Gasteiger partial charge in [0.1, 0.15) is 0 Å². The van der Waals surface area contributed by atoms with E-state index < -0.39 is 0 Å². The Hall–Kier alpha value is -0.220. The molecule has 1 aliphatic carbocycles. The Labute approximate surface area is 107 Å². The number of thioether (sulfide) groups is 1. The Balaban J connectivity index is 1.48. The lowest BCUT2D eigenvalue weighted by molar-refractivity contribution is -0.123. The fourth-order valence-corrected chi connectivity index (χ4v) is 4.86. The molecule has 4 unspecified atom stereocenters. The number of hydrogen-bond donors (Lipinski definition) is 2. The lowest BCUT2D eigenvalue weighted by Crippen LogP contribution is -2.45. The van der Waals surface area contributed by atoms with Crippen LogP contribution < -0.4 is 10.6 Å². The first-order valence-corrected chi connectivity index (χ1v) is 8.09. The largest absolute Gasteiger partial charge is 0.354 e. The van der Waals surface area contributed by atoms with Crippen LogP contribution in [0.1, 0.15) is 25.7 Å². The molecule has 2 heterocycles. The number of rotatable bonds is 3. The molecule has 2 aliphatic heterocycles. The van der Waals surface area contributed by atoms with Crippen LogP contribution in [0, 0.1) is 17.8 Å². The Kier molecular flexibility index (Phi) is 3.61. The van der Waals surface area contributed by atoms with E-state index in [1.54, 1.807) is 0 Å². The van der Waals surface area contributed by atoms with E-state index in [0.717, 1.165) is 19.0 Å². The van der Waals surface area contributed by atoms with Crippen LogP contribution in [0.15, 0.2) is 0 Å². The number of fused-ring (bicyclic) bond motifs is 1. The van der Waals surface area contributed by atoms with E-state index in [0.29, 0.717) is 11.8 Å². The maximum Gasteiger partial charge on any atom is 0.237 e. The molecule has 4 heteroatoms. The minimum atomic E-state index is 0.108. The van der Waals surface area contributed by atoms with Crippen molar-refractivity contribution in [3.8, 4) is 0 Å². The zero-order valence-electron chi connectivity index (χ0n) is 10.3. The van der Waals surface area contributed by atoms with Crippen molar-refractivity contribution in [2.75, 3.05) is 24.6 Å². The fourth-order valence-electron chi connectivity index (χ4n) is 3.57. The third kappa shape index (κ3) is 2.48. The zero-order chi connectivity index (χ0) is 11.7. The van der Waals surface area contributed by atoms with E-state index in [1.807, 2.05) is 11.8 Å². The summed E-state index contributed by atoms with van der Waals surface area (Å²) in [7, 11) is 0. The maximum absolute atomic E-state index is 12.2. The van der Waals surface area contributed by atoms with Gasteiger partial charge in [0.2, 0.25) is 5.91 Å². The molecule has 0 aromatic heterocycles. The van der Waals surface area contributed by atoms with Crippen molar-refractivity contribution in [2.24, 2.45) is 17.8 Å². The summed E-state index contributed by atoms with van der Waals surface area (Å²) in [4.78, 5) is 12.2. The highest BCUT2D eigenvalue weighted by Crippen LogP contribution is 2.37. The Morgan fingerprint density at radius 1 is 1.35 bits per heavy atom. The summed E-state index contributed by atoms with van der Waals surface area (Å²) in [5.41, 5.74) is 0. The number of nitrogens with one attached hydrogen (secondary N) is 2. The number of carbonyl (C=O) groups is 1. The highest BCUT2D eigenvalue weighted by atomic mass is 32.2. The lowest BCUT2D eigenvalue weighted by Gasteiger charge is -2.19. The molecule has 0 bridgehead atoms. The van der Waals surface area contributed by atoms with Crippen molar-refractivity contribution in [3.63, 3.8) is 0 Å². The van der Waals surface area contributed by atoms with Gasteiger partial charge in [0.25, 0.3) is 0 Å². The van der Waals surface area contributed by atoms with Crippen molar-refractivity contribution in [2.45, 2.75) is 31.7 Å². The number of hydrogen-bond acceptors (Lipinski definition) is 3. The van der Waals surface area contributed by atoms with Gasteiger partial charge < -0.3 is 10.6 Å². The van der Waals surface area contributed by atoms with Gasteiger partial charge in [0.05, 0.1) is 6.04 Å². The minimum Gasteiger partial charge on any atom is -0.354 e. The molecule has 3 rings (SSSR count). The maximum atomic E-state index is 12.2. The van der Waals surface area contributed by atoms with E-state index >= 15 is 0 Å². The summed E-state index contributed by atoms with van der Waals surface area (Å²) in [6.07, 6.45) is 5.16. The molecule has 96 valence electrons. The van der Waals surface area contributed by atoms with Crippen LogP contribution in [0.25, 0.3) is 0 Å². The topological polar surface area (TPSA) is 41.1 Å². The Morgan fingerprint density at radius 2 is 2.29 bits per heavy atom. The molecule has 2 N–H and O–H groups in total. The second-order valence-electron chi connectivity index (χ2n) is 5.72. The van der Waals surface area contributed by atoms with Crippen LogP contribution >= 0.6 is 11.8 Å². The smallest absolute Gasteiger partial charge is 0.237 e. The summed E-state index contributed by atoms with van der Waals surface area (Å²) < 4.78 is 0. The molecule has 1 amide bonds. The van der Waals surface area contributed by atoms with Gasteiger partial charge in [0.15, 0.2) is 0 Å². The second-order valence-corrected chi connectivity index (χ2v) is 6.87. The van der Waals surface area contributed by atoms with Crippen LogP contribution in [0.4, 0.5) is 0 Å². The molecule has 0 radical (unpaired) electrons. The highest BCUT2D eigenvalue weighted by molar-refractivity contribution is 7.99. The van der Waals surface area contributed by atoms with Gasteiger partial charge in [-0.3, -0.25) is 4.79 Å². The number of carbonyl (C=O) groups excluding carboxylic acids is 1. The minimum absolute atomic E-state index is 0.108. The van der Waals surface area contributed by atoms with Gasteiger partial charge in [-0.25, -0.2) is 0 Å². The van der Waals surface area contributed by atoms with E-state index in [1.165, 1.54) is 37.2 Å². The van der Waals surface area contributed by atoms with Crippen LogP contribution in [0.5, 0.6) is 0 Å². The average Bonchev–Trinajstić information content (AvgIpc) is 3.02. The van der Waals surface area contributed by atoms with Gasteiger partial charge in [-0.2, -0.15) is 11.8 Å². The molecular weight excluding hydrogens is 232 g/mol. The van der Waals surface area contributed by atoms with Crippen LogP contribution in [-0.2, 0) is 4.79 Å². The molecule has 2 saturated heterocycles. The summed E-state index contributed by atoms with van der Waals surface area (Å²) in [5.74, 6) is 4.86. The molecule has 0 spiro atoms. The molecule has 0 aromatic rings. The van der Waals surface area contributed by atoms with Crippen molar-refractivity contribution in [1.29, 1.82) is 0 Å².